The summed E-state index contributed by atoms with van der Waals surface area (Å²) in [5.41, 5.74) is -0.251. The molecular formula is C14H18F4N2O. The fourth-order valence-electron chi connectivity index (χ4n) is 2.99. The molecule has 1 aromatic rings. The van der Waals surface area contributed by atoms with Crippen LogP contribution in [0, 0.1) is 12.8 Å². The highest BCUT2D eigenvalue weighted by molar-refractivity contribution is 5.94. The van der Waals surface area contributed by atoms with Crippen LogP contribution in [0.3, 0.4) is 0 Å². The first kappa shape index (κ1) is 16.0. The summed E-state index contributed by atoms with van der Waals surface area (Å²) in [7, 11) is 0. The second-order valence-corrected chi connectivity index (χ2v) is 5.91. The van der Waals surface area contributed by atoms with Gasteiger partial charge in [0.15, 0.2) is 5.78 Å². The van der Waals surface area contributed by atoms with E-state index in [1.54, 1.807) is 0 Å². The second-order valence-electron chi connectivity index (χ2n) is 5.91. The molecular weight excluding hydrogens is 288 g/mol. The largest absolute Gasteiger partial charge is 0.293 e. The highest BCUT2D eigenvalue weighted by atomic mass is 19.3. The van der Waals surface area contributed by atoms with Gasteiger partial charge >= 0.3 is 0 Å². The summed E-state index contributed by atoms with van der Waals surface area (Å²) < 4.78 is 54.6. The Hall–Kier alpha value is -1.40. The molecule has 0 radical (unpaired) electrons. The fraction of sp³-hybridized carbons (Fsp3) is 0.714. The number of Topliss-reactive ketones (excluding diaryl/α,β-unsaturated/α-hetero) is 1. The first-order valence-electron chi connectivity index (χ1n) is 6.86. The third-order valence-electron chi connectivity index (χ3n) is 3.88. The van der Waals surface area contributed by atoms with Crippen molar-refractivity contribution in [3.8, 4) is 0 Å². The minimum atomic E-state index is -3.17. The average molecular weight is 306 g/mol. The summed E-state index contributed by atoms with van der Waals surface area (Å²) >= 11 is 0. The van der Waals surface area contributed by atoms with Gasteiger partial charge in [0.2, 0.25) is 5.92 Å². The lowest BCUT2D eigenvalue weighted by Crippen LogP contribution is -2.17. The van der Waals surface area contributed by atoms with Crippen molar-refractivity contribution in [3.63, 3.8) is 0 Å². The summed E-state index contributed by atoms with van der Waals surface area (Å²) in [5, 5.41) is 3.81. The number of ketones is 1. The van der Waals surface area contributed by atoms with Crippen LogP contribution in [0.4, 0.5) is 17.6 Å². The van der Waals surface area contributed by atoms with E-state index < -0.39 is 17.5 Å². The number of alkyl halides is 4. The Kier molecular flexibility index (Phi) is 3.88. The Bertz CT molecular complexity index is 560. The third-order valence-corrected chi connectivity index (χ3v) is 3.88. The number of hydrogen-bond donors (Lipinski definition) is 0. The zero-order chi connectivity index (χ0) is 16.0. The predicted molar refractivity (Wildman–Crippen MR) is 68.8 cm³/mol. The Labute approximate surface area is 120 Å². The van der Waals surface area contributed by atoms with Crippen molar-refractivity contribution >= 4 is 5.78 Å². The number of aromatic nitrogens is 2. The van der Waals surface area contributed by atoms with Crippen molar-refractivity contribution in [2.45, 2.75) is 58.4 Å². The fourth-order valence-corrected chi connectivity index (χ4v) is 2.99. The van der Waals surface area contributed by atoms with Crippen LogP contribution in [0.15, 0.2) is 0 Å². The molecule has 0 amide bonds. The van der Waals surface area contributed by atoms with Crippen molar-refractivity contribution in [1.29, 1.82) is 0 Å². The highest BCUT2D eigenvalue weighted by Crippen LogP contribution is 2.40. The molecule has 3 nitrogen and oxygen atoms in total. The number of nitrogens with zero attached hydrogens (tertiary/aromatic N) is 2. The number of carbonyl (C=O) groups is 1. The molecule has 0 saturated heterocycles. The van der Waals surface area contributed by atoms with E-state index in [1.165, 1.54) is 18.5 Å². The van der Waals surface area contributed by atoms with Gasteiger partial charge in [-0.1, -0.05) is 0 Å². The van der Waals surface area contributed by atoms with E-state index in [1.807, 2.05) is 0 Å². The van der Waals surface area contributed by atoms with Crippen molar-refractivity contribution < 1.29 is 22.4 Å². The molecule has 0 aliphatic heterocycles. The minimum Gasteiger partial charge on any atom is -0.293 e. The lowest BCUT2D eigenvalue weighted by atomic mass is 10.1. The van der Waals surface area contributed by atoms with Crippen LogP contribution in [0.2, 0.25) is 0 Å². The molecule has 1 saturated carbocycles. The van der Waals surface area contributed by atoms with E-state index in [2.05, 4.69) is 5.10 Å². The third kappa shape index (κ3) is 3.27. The van der Waals surface area contributed by atoms with Gasteiger partial charge < -0.3 is 0 Å². The van der Waals surface area contributed by atoms with Gasteiger partial charge in [0.1, 0.15) is 11.4 Å². The summed E-state index contributed by atoms with van der Waals surface area (Å²) in [6, 6.07) is 0. The number of rotatable bonds is 4. The maximum atomic E-state index is 13.5. The van der Waals surface area contributed by atoms with Gasteiger partial charge in [-0.3, -0.25) is 9.48 Å². The lowest BCUT2D eigenvalue weighted by Gasteiger charge is -2.12. The van der Waals surface area contributed by atoms with Gasteiger partial charge in [-0.2, -0.15) is 13.9 Å². The lowest BCUT2D eigenvalue weighted by molar-refractivity contribution is 0.00345. The zero-order valence-corrected chi connectivity index (χ0v) is 12.2. The first-order chi connectivity index (χ1) is 9.51. The van der Waals surface area contributed by atoms with Crippen LogP contribution in [-0.4, -0.2) is 21.5 Å². The van der Waals surface area contributed by atoms with Crippen molar-refractivity contribution in [2.24, 2.45) is 5.92 Å². The van der Waals surface area contributed by atoms with Crippen molar-refractivity contribution in [3.05, 3.63) is 17.0 Å². The summed E-state index contributed by atoms with van der Waals surface area (Å²) in [6.45, 7) is 3.46. The van der Waals surface area contributed by atoms with Gasteiger partial charge in [-0.15, -0.1) is 0 Å². The molecule has 2 rings (SSSR count). The molecule has 1 heterocycles. The van der Waals surface area contributed by atoms with E-state index in [-0.39, 0.29) is 42.3 Å². The van der Waals surface area contributed by atoms with E-state index in [9.17, 15) is 22.4 Å². The summed E-state index contributed by atoms with van der Waals surface area (Å²) in [4.78, 5) is 11.7. The van der Waals surface area contributed by atoms with Crippen LogP contribution >= 0.6 is 0 Å². The SMILES string of the molecule is CC(=O)c1c(C)c(C(C)(F)F)nn1CC1CCC(F)(F)C1. The molecule has 118 valence electrons. The van der Waals surface area contributed by atoms with Crippen LogP contribution in [0.1, 0.15) is 54.9 Å². The normalized spacial score (nSPS) is 21.8. The molecule has 0 bridgehead atoms. The quantitative estimate of drug-likeness (QED) is 0.624. The molecule has 1 unspecified atom stereocenters. The standard InChI is InChI=1S/C14H18F4N2O/c1-8-11(9(2)21)20(19-12(8)13(3,15)16)7-10-4-5-14(17,18)6-10/h10H,4-7H2,1-3H3. The number of hydrogen-bond acceptors (Lipinski definition) is 2. The topological polar surface area (TPSA) is 34.9 Å². The summed E-state index contributed by atoms with van der Waals surface area (Å²) in [6.07, 6.45) is -0.188. The monoisotopic (exact) mass is 306 g/mol. The Morgan fingerprint density at radius 1 is 1.48 bits per heavy atom. The van der Waals surface area contributed by atoms with Gasteiger partial charge in [0.05, 0.1) is 0 Å². The molecule has 1 fully saturated rings. The van der Waals surface area contributed by atoms with Gasteiger partial charge in [-0.25, -0.2) is 8.78 Å². The predicted octanol–water partition coefficient (Wildman–Crippen LogP) is 3.94. The molecule has 1 atom stereocenters. The molecule has 21 heavy (non-hydrogen) atoms. The Balaban J connectivity index is 2.33. The molecule has 0 N–H and O–H groups in total. The van der Waals surface area contributed by atoms with Crippen molar-refractivity contribution in [2.75, 3.05) is 0 Å². The number of halogens is 4. The molecule has 7 heteroatoms. The number of carbonyl (C=O) groups excluding carboxylic acids is 1. The van der Waals surface area contributed by atoms with Crippen LogP contribution in [-0.2, 0) is 12.5 Å². The average Bonchev–Trinajstić information content (AvgIpc) is 2.79. The molecule has 0 spiro atoms. The van der Waals surface area contributed by atoms with E-state index in [4.69, 9.17) is 0 Å². The van der Waals surface area contributed by atoms with Crippen LogP contribution in [0.5, 0.6) is 0 Å². The Morgan fingerprint density at radius 2 is 2.10 bits per heavy atom. The van der Waals surface area contributed by atoms with E-state index >= 15 is 0 Å². The second kappa shape index (κ2) is 5.10. The molecule has 1 aromatic heterocycles. The van der Waals surface area contributed by atoms with Gasteiger partial charge in [-0.05, 0) is 19.3 Å². The summed E-state index contributed by atoms with van der Waals surface area (Å²) in [5.74, 6) is -6.61. The Morgan fingerprint density at radius 3 is 2.52 bits per heavy atom. The minimum absolute atomic E-state index is 0.0709. The van der Waals surface area contributed by atoms with Crippen LogP contribution < -0.4 is 0 Å². The molecule has 1 aliphatic rings. The van der Waals surface area contributed by atoms with Gasteiger partial charge in [0.25, 0.3) is 5.92 Å². The smallest absolute Gasteiger partial charge is 0.289 e. The maximum Gasteiger partial charge on any atom is 0.289 e. The van der Waals surface area contributed by atoms with Crippen LogP contribution in [0.25, 0.3) is 0 Å². The van der Waals surface area contributed by atoms with Crippen molar-refractivity contribution in [1.82, 2.24) is 9.78 Å². The first-order valence-corrected chi connectivity index (χ1v) is 6.86. The van der Waals surface area contributed by atoms with Gasteiger partial charge in [0, 0.05) is 38.8 Å². The zero-order valence-electron chi connectivity index (χ0n) is 12.2. The molecule has 0 aromatic carbocycles. The molecule has 1 aliphatic carbocycles. The van der Waals surface area contributed by atoms with E-state index in [0.29, 0.717) is 13.3 Å². The highest BCUT2D eigenvalue weighted by Gasteiger charge is 2.40. The maximum absolute atomic E-state index is 13.5. The van der Waals surface area contributed by atoms with E-state index in [0.717, 1.165) is 0 Å².